The molecule has 0 bridgehead atoms. The van der Waals surface area contributed by atoms with Crippen molar-refractivity contribution in [3.8, 4) is 0 Å². The van der Waals surface area contributed by atoms with Crippen LogP contribution < -0.4 is 5.56 Å². The number of fused-ring (bicyclic) bond motifs is 1. The third-order valence-corrected chi connectivity index (χ3v) is 2.80. The van der Waals surface area contributed by atoms with Gasteiger partial charge in [-0.15, -0.1) is 0 Å². The zero-order valence-electron chi connectivity index (χ0n) is 7.49. The van der Waals surface area contributed by atoms with Crippen LogP contribution in [0.15, 0.2) is 27.5 Å². The largest absolute Gasteiger partial charge is 0.467 e. The van der Waals surface area contributed by atoms with Crippen LogP contribution in [0.25, 0.3) is 10.9 Å². The van der Waals surface area contributed by atoms with Crippen molar-refractivity contribution in [1.29, 1.82) is 0 Å². The predicted octanol–water partition coefficient (Wildman–Crippen LogP) is 1.61. The van der Waals surface area contributed by atoms with Crippen molar-refractivity contribution >= 4 is 38.5 Å². The standard InChI is InChI=1S/C9H5BrN2O2S/c10-5-1-2-7-6(3-5)9(13)12-8(11-7)4-15-14/h1-3H,4H2/p+1. The molecule has 2 aromatic rings. The van der Waals surface area contributed by atoms with E-state index in [0.29, 0.717) is 28.4 Å². The monoisotopic (exact) mass is 285 g/mol. The van der Waals surface area contributed by atoms with Gasteiger partial charge < -0.3 is 4.98 Å². The number of halogens is 1. The molecule has 0 aliphatic rings. The Balaban J connectivity index is 2.72. The highest BCUT2D eigenvalue weighted by Gasteiger charge is 2.08. The molecule has 6 heteroatoms. The van der Waals surface area contributed by atoms with E-state index in [4.69, 9.17) is 0 Å². The minimum atomic E-state index is -0.217. The van der Waals surface area contributed by atoms with E-state index in [0.717, 1.165) is 4.47 Å². The smallest absolute Gasteiger partial charge is 0.305 e. The number of H-pyrrole nitrogens is 1. The second-order valence-corrected chi connectivity index (χ2v) is 4.38. The van der Waals surface area contributed by atoms with Crippen LogP contribution >= 0.6 is 15.9 Å². The van der Waals surface area contributed by atoms with E-state index in [1.165, 1.54) is 0 Å². The lowest BCUT2D eigenvalue weighted by atomic mass is 10.2. The molecule has 0 aliphatic heterocycles. The highest BCUT2D eigenvalue weighted by atomic mass is 79.9. The van der Waals surface area contributed by atoms with Crippen LogP contribution in [0, 0.1) is 0 Å². The summed E-state index contributed by atoms with van der Waals surface area (Å²) < 4.78 is 11.2. The number of hydrogen-bond acceptors (Lipinski definition) is 3. The summed E-state index contributed by atoms with van der Waals surface area (Å²) in [5.74, 6) is 0.580. The van der Waals surface area contributed by atoms with Gasteiger partial charge >= 0.3 is 11.7 Å². The maximum Gasteiger partial charge on any atom is 0.467 e. The van der Waals surface area contributed by atoms with Gasteiger partial charge in [-0.3, -0.25) is 4.79 Å². The number of nitrogens with one attached hydrogen (secondary N) is 1. The van der Waals surface area contributed by atoms with Crippen LogP contribution in [0.5, 0.6) is 0 Å². The van der Waals surface area contributed by atoms with Gasteiger partial charge in [0.05, 0.1) is 10.9 Å². The first kappa shape index (κ1) is 10.4. The summed E-state index contributed by atoms with van der Waals surface area (Å²) in [5, 5.41) is 0.518. The molecule has 1 aromatic heterocycles. The average molecular weight is 286 g/mol. The third kappa shape index (κ3) is 2.10. The fourth-order valence-electron chi connectivity index (χ4n) is 1.28. The molecule has 1 aromatic carbocycles. The van der Waals surface area contributed by atoms with Crippen molar-refractivity contribution < 1.29 is 4.21 Å². The molecular formula is C9H6BrN2O2S+. The van der Waals surface area contributed by atoms with E-state index < -0.39 is 0 Å². The van der Waals surface area contributed by atoms with Gasteiger partial charge in [0.2, 0.25) is 0 Å². The van der Waals surface area contributed by atoms with E-state index in [1.54, 1.807) is 12.1 Å². The Morgan fingerprint density at radius 2 is 2.27 bits per heavy atom. The molecule has 0 amide bonds. The third-order valence-electron chi connectivity index (χ3n) is 1.91. The molecule has 2 rings (SSSR count). The summed E-state index contributed by atoms with van der Waals surface area (Å²) in [7, 11) is 0. The Morgan fingerprint density at radius 3 is 3.00 bits per heavy atom. The van der Waals surface area contributed by atoms with Crippen molar-refractivity contribution in [3.05, 3.63) is 38.9 Å². The molecule has 0 saturated heterocycles. The predicted molar refractivity (Wildman–Crippen MR) is 61.8 cm³/mol. The molecule has 1 heterocycles. The van der Waals surface area contributed by atoms with Crippen LogP contribution in [0.1, 0.15) is 5.82 Å². The maximum absolute atomic E-state index is 11.6. The van der Waals surface area contributed by atoms with Crippen molar-refractivity contribution in [2.75, 3.05) is 0 Å². The number of rotatable bonds is 2. The SMILES string of the molecule is O=[S+]Cc1nc2ccc(Br)cc2c(=O)[nH]1. The summed E-state index contributed by atoms with van der Waals surface area (Å²) in [4.78, 5) is 18.3. The van der Waals surface area contributed by atoms with Gasteiger partial charge in [0.15, 0.2) is 5.82 Å². The van der Waals surface area contributed by atoms with Crippen LogP contribution in [-0.2, 0) is 21.6 Å². The number of aromatic nitrogens is 2. The Labute approximate surface area is 97.4 Å². The topological polar surface area (TPSA) is 62.8 Å². The molecular weight excluding hydrogens is 280 g/mol. The number of aromatic amines is 1. The highest BCUT2D eigenvalue weighted by Crippen LogP contribution is 2.14. The van der Waals surface area contributed by atoms with Crippen LogP contribution in [0.4, 0.5) is 0 Å². The first-order valence-electron chi connectivity index (χ1n) is 4.14. The molecule has 0 unspecified atom stereocenters. The summed E-state index contributed by atoms with van der Waals surface area (Å²) in [5.41, 5.74) is 0.386. The fraction of sp³-hybridized carbons (Fsp3) is 0.111. The van der Waals surface area contributed by atoms with E-state index in [-0.39, 0.29) is 11.3 Å². The average Bonchev–Trinajstić information content (AvgIpc) is 2.20. The summed E-state index contributed by atoms with van der Waals surface area (Å²) in [6.45, 7) is 0. The van der Waals surface area contributed by atoms with Crippen molar-refractivity contribution in [3.63, 3.8) is 0 Å². The van der Waals surface area contributed by atoms with Gasteiger partial charge in [-0.2, -0.15) is 0 Å². The molecule has 4 nitrogen and oxygen atoms in total. The van der Waals surface area contributed by atoms with E-state index in [1.807, 2.05) is 6.07 Å². The summed E-state index contributed by atoms with van der Waals surface area (Å²) in [6.07, 6.45) is 0. The van der Waals surface area contributed by atoms with Gasteiger partial charge in [0, 0.05) is 8.68 Å². The zero-order valence-corrected chi connectivity index (χ0v) is 9.89. The van der Waals surface area contributed by atoms with E-state index in [9.17, 15) is 9.00 Å². The molecule has 15 heavy (non-hydrogen) atoms. The lowest BCUT2D eigenvalue weighted by molar-refractivity contribution is 0.604. The Hall–Kier alpha value is -1.14. The van der Waals surface area contributed by atoms with Crippen molar-refractivity contribution in [1.82, 2.24) is 9.97 Å². The van der Waals surface area contributed by atoms with Crippen LogP contribution in [0.2, 0.25) is 0 Å². The van der Waals surface area contributed by atoms with Crippen molar-refractivity contribution in [2.24, 2.45) is 0 Å². The quantitative estimate of drug-likeness (QED) is 0.853. The molecule has 0 radical (unpaired) electrons. The summed E-state index contributed by atoms with van der Waals surface area (Å²) >= 11 is 3.66. The van der Waals surface area contributed by atoms with Gasteiger partial charge in [-0.25, -0.2) is 4.98 Å². The lowest BCUT2D eigenvalue weighted by Gasteiger charge is -1.97. The normalized spacial score (nSPS) is 10.5. The van der Waals surface area contributed by atoms with Gasteiger partial charge in [-0.05, 0) is 18.2 Å². The van der Waals surface area contributed by atoms with Crippen LogP contribution in [0.3, 0.4) is 0 Å². The summed E-state index contributed by atoms with van der Waals surface area (Å²) in [6, 6.07) is 5.26. The Kier molecular flexibility index (Phi) is 2.88. The number of hydrogen-bond donors (Lipinski definition) is 1. The van der Waals surface area contributed by atoms with E-state index >= 15 is 0 Å². The fourth-order valence-corrected chi connectivity index (χ4v) is 1.89. The maximum atomic E-state index is 11.6. The van der Waals surface area contributed by atoms with Gasteiger partial charge in [0.1, 0.15) is 0 Å². The molecule has 76 valence electrons. The molecule has 0 atom stereocenters. The first-order valence-corrected chi connectivity index (χ1v) is 5.84. The molecule has 0 spiro atoms. The first-order chi connectivity index (χ1) is 7.20. The second kappa shape index (κ2) is 4.16. The second-order valence-electron chi connectivity index (χ2n) is 2.94. The molecule has 1 N–H and O–H groups in total. The lowest BCUT2D eigenvalue weighted by Crippen LogP contribution is -2.11. The van der Waals surface area contributed by atoms with Crippen LogP contribution in [-0.4, -0.2) is 9.97 Å². The number of benzene rings is 1. The molecule has 0 aliphatic carbocycles. The molecule has 0 saturated carbocycles. The van der Waals surface area contributed by atoms with Crippen molar-refractivity contribution in [2.45, 2.75) is 5.75 Å². The van der Waals surface area contributed by atoms with Gasteiger partial charge in [0.25, 0.3) is 11.3 Å². The molecule has 0 fully saturated rings. The zero-order chi connectivity index (χ0) is 10.8. The minimum absolute atomic E-state index is 0.168. The highest BCUT2D eigenvalue weighted by molar-refractivity contribution is 9.10. The van der Waals surface area contributed by atoms with Gasteiger partial charge in [-0.1, -0.05) is 15.9 Å². The number of nitrogens with zero attached hydrogens (tertiary/aromatic N) is 1. The Morgan fingerprint density at radius 1 is 1.47 bits per heavy atom. The minimum Gasteiger partial charge on any atom is -0.305 e. The Bertz CT molecular complexity index is 582. The van der Waals surface area contributed by atoms with E-state index in [2.05, 4.69) is 25.9 Å².